The van der Waals surface area contributed by atoms with Gasteiger partial charge in [-0.3, -0.25) is 0 Å². The van der Waals surface area contributed by atoms with Crippen LogP contribution >= 0.6 is 0 Å². The SMILES string of the molecule is COC(=O)c1cc2c([nH]1)C(NC(=O)OCC1c3ccccc3-c3ccccc31)CC2. The first-order valence-electron chi connectivity index (χ1n) is 10.1. The standard InChI is InChI=1S/C24H22N2O4/c1-29-23(27)21-12-14-10-11-20(22(14)25-21)26-24(28)30-13-19-17-8-4-2-6-15(17)16-7-3-5-9-18(16)19/h2-9,12,19-20,25H,10-11,13H2,1H3,(H,26,28). The van der Waals surface area contributed by atoms with Crippen molar-refractivity contribution in [1.82, 2.24) is 10.3 Å². The summed E-state index contributed by atoms with van der Waals surface area (Å²) in [6, 6.07) is 18.1. The molecule has 2 aromatic carbocycles. The molecule has 6 heteroatoms. The van der Waals surface area contributed by atoms with Gasteiger partial charge >= 0.3 is 12.1 Å². The Morgan fingerprint density at radius 1 is 1.07 bits per heavy atom. The molecule has 1 aromatic heterocycles. The molecule has 0 spiro atoms. The van der Waals surface area contributed by atoms with Crippen LogP contribution in [0.15, 0.2) is 54.6 Å². The van der Waals surface area contributed by atoms with Gasteiger partial charge in [-0.05, 0) is 46.7 Å². The van der Waals surface area contributed by atoms with Gasteiger partial charge in [-0.15, -0.1) is 0 Å². The second-order valence-corrected chi connectivity index (χ2v) is 7.67. The number of amides is 1. The van der Waals surface area contributed by atoms with E-state index < -0.39 is 12.1 Å². The van der Waals surface area contributed by atoms with Gasteiger partial charge in [0.1, 0.15) is 12.3 Å². The lowest BCUT2D eigenvalue weighted by Crippen LogP contribution is -2.29. The number of hydrogen-bond donors (Lipinski definition) is 2. The monoisotopic (exact) mass is 402 g/mol. The number of carbonyl (C=O) groups is 2. The van der Waals surface area contributed by atoms with Crippen LogP contribution in [0, 0.1) is 0 Å². The number of ether oxygens (including phenoxy) is 2. The van der Waals surface area contributed by atoms with E-state index in [1.165, 1.54) is 29.4 Å². The van der Waals surface area contributed by atoms with Gasteiger partial charge in [0, 0.05) is 11.6 Å². The molecule has 2 aliphatic rings. The number of benzene rings is 2. The fourth-order valence-corrected chi connectivity index (χ4v) is 4.62. The maximum absolute atomic E-state index is 12.5. The van der Waals surface area contributed by atoms with E-state index in [1.807, 2.05) is 24.3 Å². The zero-order valence-corrected chi connectivity index (χ0v) is 16.6. The third kappa shape index (κ3) is 3.05. The largest absolute Gasteiger partial charge is 0.464 e. The second kappa shape index (κ2) is 7.37. The first kappa shape index (κ1) is 18.5. The molecule has 6 nitrogen and oxygen atoms in total. The van der Waals surface area contributed by atoms with Crippen molar-refractivity contribution in [3.63, 3.8) is 0 Å². The quantitative estimate of drug-likeness (QED) is 0.637. The van der Waals surface area contributed by atoms with Crippen LogP contribution in [0.5, 0.6) is 0 Å². The average molecular weight is 402 g/mol. The van der Waals surface area contributed by atoms with Crippen LogP contribution in [0.2, 0.25) is 0 Å². The summed E-state index contributed by atoms with van der Waals surface area (Å²) < 4.78 is 10.4. The van der Waals surface area contributed by atoms with E-state index in [0.717, 1.165) is 24.1 Å². The highest BCUT2D eigenvalue weighted by Crippen LogP contribution is 2.44. The lowest BCUT2D eigenvalue weighted by molar-refractivity contribution is 0.0594. The molecule has 0 radical (unpaired) electrons. The smallest absolute Gasteiger partial charge is 0.407 e. The average Bonchev–Trinajstić information content (AvgIpc) is 3.44. The summed E-state index contributed by atoms with van der Waals surface area (Å²) in [7, 11) is 1.35. The molecular weight excluding hydrogens is 380 g/mol. The summed E-state index contributed by atoms with van der Waals surface area (Å²) in [4.78, 5) is 27.4. The number of hydrogen-bond acceptors (Lipinski definition) is 4. The molecule has 1 unspecified atom stereocenters. The molecule has 0 saturated heterocycles. The van der Waals surface area contributed by atoms with Gasteiger partial charge in [0.05, 0.1) is 13.2 Å². The molecule has 2 N–H and O–H groups in total. The third-order valence-electron chi connectivity index (χ3n) is 6.03. The van der Waals surface area contributed by atoms with Gasteiger partial charge in [0.25, 0.3) is 0 Å². The number of aromatic nitrogens is 1. The zero-order valence-electron chi connectivity index (χ0n) is 16.6. The highest BCUT2D eigenvalue weighted by Gasteiger charge is 2.31. The van der Waals surface area contributed by atoms with E-state index in [2.05, 4.69) is 34.6 Å². The number of aromatic amines is 1. The summed E-state index contributed by atoms with van der Waals surface area (Å²) in [6.07, 6.45) is 1.10. The van der Waals surface area contributed by atoms with Crippen molar-refractivity contribution in [3.8, 4) is 11.1 Å². The Kier molecular flexibility index (Phi) is 4.54. The van der Waals surface area contributed by atoms with Crippen molar-refractivity contribution < 1.29 is 19.1 Å². The van der Waals surface area contributed by atoms with Crippen LogP contribution in [0.25, 0.3) is 11.1 Å². The van der Waals surface area contributed by atoms with E-state index in [-0.39, 0.29) is 18.6 Å². The Bertz CT molecular complexity index is 1090. The molecule has 152 valence electrons. The molecule has 0 fully saturated rings. The summed E-state index contributed by atoms with van der Waals surface area (Å²) >= 11 is 0. The molecular formula is C24H22N2O4. The van der Waals surface area contributed by atoms with Crippen molar-refractivity contribution >= 4 is 12.1 Å². The summed E-state index contributed by atoms with van der Waals surface area (Å²) in [5, 5.41) is 2.93. The Labute approximate surface area is 174 Å². The molecule has 30 heavy (non-hydrogen) atoms. The van der Waals surface area contributed by atoms with E-state index >= 15 is 0 Å². The van der Waals surface area contributed by atoms with Crippen LogP contribution in [-0.4, -0.2) is 30.8 Å². The van der Waals surface area contributed by atoms with Gasteiger partial charge < -0.3 is 19.8 Å². The molecule has 1 atom stereocenters. The van der Waals surface area contributed by atoms with Crippen molar-refractivity contribution in [2.75, 3.05) is 13.7 Å². The van der Waals surface area contributed by atoms with Crippen LogP contribution in [-0.2, 0) is 15.9 Å². The highest BCUT2D eigenvalue weighted by molar-refractivity contribution is 5.88. The second-order valence-electron chi connectivity index (χ2n) is 7.67. The molecule has 0 bridgehead atoms. The first-order chi connectivity index (χ1) is 14.7. The van der Waals surface area contributed by atoms with Crippen LogP contribution in [0.4, 0.5) is 4.79 Å². The normalized spacial score (nSPS) is 16.5. The zero-order chi connectivity index (χ0) is 20.7. The Morgan fingerprint density at radius 2 is 1.73 bits per heavy atom. The minimum Gasteiger partial charge on any atom is -0.464 e. The Morgan fingerprint density at radius 3 is 2.40 bits per heavy atom. The maximum atomic E-state index is 12.5. The number of H-pyrrole nitrogens is 1. The predicted octanol–water partition coefficient (Wildman–Crippen LogP) is 4.33. The van der Waals surface area contributed by atoms with Crippen molar-refractivity contribution in [2.24, 2.45) is 0 Å². The number of esters is 1. The van der Waals surface area contributed by atoms with Crippen LogP contribution in [0.3, 0.4) is 0 Å². The lowest BCUT2D eigenvalue weighted by atomic mass is 9.98. The number of rotatable bonds is 4. The number of alkyl carbamates (subject to hydrolysis) is 1. The van der Waals surface area contributed by atoms with Gasteiger partial charge in [0.15, 0.2) is 0 Å². The number of methoxy groups -OCH3 is 1. The molecule has 1 heterocycles. The minimum atomic E-state index is -0.455. The fourth-order valence-electron chi connectivity index (χ4n) is 4.62. The first-order valence-corrected chi connectivity index (χ1v) is 10.1. The predicted molar refractivity (Wildman–Crippen MR) is 111 cm³/mol. The van der Waals surface area contributed by atoms with Gasteiger partial charge in [-0.25, -0.2) is 9.59 Å². The van der Waals surface area contributed by atoms with E-state index in [4.69, 9.17) is 9.47 Å². The van der Waals surface area contributed by atoms with Gasteiger partial charge in [-0.1, -0.05) is 48.5 Å². The maximum Gasteiger partial charge on any atom is 0.407 e. The van der Waals surface area contributed by atoms with Crippen LogP contribution < -0.4 is 5.32 Å². The lowest BCUT2D eigenvalue weighted by Gasteiger charge is -2.17. The summed E-state index contributed by atoms with van der Waals surface area (Å²) in [6.45, 7) is 0.275. The van der Waals surface area contributed by atoms with Gasteiger partial charge in [-0.2, -0.15) is 0 Å². The van der Waals surface area contributed by atoms with E-state index in [0.29, 0.717) is 5.69 Å². The van der Waals surface area contributed by atoms with Crippen LogP contribution in [0.1, 0.15) is 51.3 Å². The Hall–Kier alpha value is -3.54. The Balaban J connectivity index is 1.27. The topological polar surface area (TPSA) is 80.4 Å². The van der Waals surface area contributed by atoms with E-state index in [9.17, 15) is 9.59 Å². The van der Waals surface area contributed by atoms with Crippen molar-refractivity contribution in [1.29, 1.82) is 0 Å². The molecule has 2 aliphatic carbocycles. The summed E-state index contributed by atoms with van der Waals surface area (Å²) in [5.74, 6) is -0.386. The number of carbonyl (C=O) groups excluding carboxylic acids is 2. The molecule has 5 rings (SSSR count). The summed E-state index contributed by atoms with van der Waals surface area (Å²) in [5.41, 5.74) is 7.04. The molecule has 0 saturated carbocycles. The molecule has 0 aliphatic heterocycles. The third-order valence-corrected chi connectivity index (χ3v) is 6.03. The van der Waals surface area contributed by atoms with Crippen molar-refractivity contribution in [3.05, 3.63) is 82.7 Å². The van der Waals surface area contributed by atoms with Crippen molar-refractivity contribution in [2.45, 2.75) is 24.8 Å². The minimum absolute atomic E-state index is 0.0266. The van der Waals surface area contributed by atoms with E-state index in [1.54, 1.807) is 6.07 Å². The number of aryl methyl sites for hydroxylation is 1. The molecule has 3 aromatic rings. The van der Waals surface area contributed by atoms with Gasteiger partial charge in [0.2, 0.25) is 0 Å². The number of nitrogens with one attached hydrogen (secondary N) is 2. The fraction of sp³-hybridized carbons (Fsp3) is 0.250. The highest BCUT2D eigenvalue weighted by atomic mass is 16.5. The molecule has 1 amide bonds. The number of fused-ring (bicyclic) bond motifs is 4.